The lowest BCUT2D eigenvalue weighted by atomic mass is 10.1. The van der Waals surface area contributed by atoms with Crippen LogP contribution in [0, 0.1) is 13.8 Å². The predicted octanol–water partition coefficient (Wildman–Crippen LogP) is 1.29. The normalized spacial score (nSPS) is 10.6. The Morgan fingerprint density at radius 1 is 1.35 bits per heavy atom. The van der Waals surface area contributed by atoms with Crippen molar-refractivity contribution in [3.8, 4) is 0 Å². The van der Waals surface area contributed by atoms with E-state index >= 15 is 0 Å². The molecule has 1 aromatic heterocycles. The molecule has 6 nitrogen and oxygen atoms in total. The number of rotatable bonds is 7. The summed E-state index contributed by atoms with van der Waals surface area (Å²) in [4.78, 5) is 24.3. The number of aromatic nitrogens is 2. The fourth-order valence-corrected chi connectivity index (χ4v) is 2.29. The van der Waals surface area contributed by atoms with Crippen molar-refractivity contribution in [1.82, 2.24) is 14.7 Å². The summed E-state index contributed by atoms with van der Waals surface area (Å²) in [6, 6.07) is 0. The van der Waals surface area contributed by atoms with Gasteiger partial charge >= 0.3 is 5.97 Å². The van der Waals surface area contributed by atoms with Gasteiger partial charge in [-0.25, -0.2) is 0 Å². The van der Waals surface area contributed by atoms with Crippen LogP contribution in [0.1, 0.15) is 36.7 Å². The van der Waals surface area contributed by atoms with Crippen molar-refractivity contribution >= 4 is 11.9 Å². The van der Waals surface area contributed by atoms with Gasteiger partial charge in [0.2, 0.25) is 5.91 Å². The molecule has 0 radical (unpaired) electrons. The molecule has 1 rings (SSSR count). The number of hydrogen-bond acceptors (Lipinski definition) is 3. The van der Waals surface area contributed by atoms with E-state index < -0.39 is 5.97 Å². The Kier molecular flexibility index (Phi) is 5.73. The van der Waals surface area contributed by atoms with Gasteiger partial charge in [0.15, 0.2) is 0 Å². The molecule has 0 unspecified atom stereocenters. The molecule has 0 aliphatic heterocycles. The minimum Gasteiger partial charge on any atom is -0.480 e. The van der Waals surface area contributed by atoms with E-state index in [1.165, 1.54) is 4.90 Å². The Balaban J connectivity index is 2.67. The standard InChI is InChI=1S/C14H23N3O3/c1-5-8-17(9-14(19)20)13(18)7-6-12-10(2)15-16(4)11(12)3/h5-9H2,1-4H3,(H,19,20). The van der Waals surface area contributed by atoms with Crippen molar-refractivity contribution < 1.29 is 14.7 Å². The first-order valence-corrected chi connectivity index (χ1v) is 6.85. The average Bonchev–Trinajstić information content (AvgIpc) is 2.60. The van der Waals surface area contributed by atoms with Crippen LogP contribution in [0.3, 0.4) is 0 Å². The van der Waals surface area contributed by atoms with Crippen LogP contribution in [0.15, 0.2) is 0 Å². The smallest absolute Gasteiger partial charge is 0.323 e. The van der Waals surface area contributed by atoms with Crippen LogP contribution < -0.4 is 0 Å². The number of amides is 1. The van der Waals surface area contributed by atoms with Crippen molar-refractivity contribution in [3.05, 3.63) is 17.0 Å². The summed E-state index contributed by atoms with van der Waals surface area (Å²) < 4.78 is 1.80. The van der Waals surface area contributed by atoms with Crippen molar-refractivity contribution in [2.75, 3.05) is 13.1 Å². The first-order valence-electron chi connectivity index (χ1n) is 6.85. The van der Waals surface area contributed by atoms with E-state index in [-0.39, 0.29) is 12.5 Å². The average molecular weight is 281 g/mol. The van der Waals surface area contributed by atoms with Crippen LogP contribution in [0.25, 0.3) is 0 Å². The third-order valence-corrected chi connectivity index (χ3v) is 3.42. The van der Waals surface area contributed by atoms with E-state index in [0.29, 0.717) is 19.4 Å². The Morgan fingerprint density at radius 3 is 2.45 bits per heavy atom. The van der Waals surface area contributed by atoms with Crippen LogP contribution in [0.4, 0.5) is 0 Å². The third-order valence-electron chi connectivity index (χ3n) is 3.42. The maximum absolute atomic E-state index is 12.1. The second-order valence-electron chi connectivity index (χ2n) is 4.98. The Labute approximate surface area is 119 Å². The molecule has 6 heteroatoms. The molecule has 20 heavy (non-hydrogen) atoms. The molecule has 0 aliphatic rings. The topological polar surface area (TPSA) is 75.4 Å². The minimum absolute atomic E-state index is 0.114. The van der Waals surface area contributed by atoms with Crippen LogP contribution in [0.2, 0.25) is 0 Å². The maximum Gasteiger partial charge on any atom is 0.323 e. The summed E-state index contributed by atoms with van der Waals surface area (Å²) in [5.74, 6) is -1.09. The van der Waals surface area contributed by atoms with Gasteiger partial charge in [0.25, 0.3) is 0 Å². The maximum atomic E-state index is 12.1. The number of hydrogen-bond donors (Lipinski definition) is 1. The SMILES string of the molecule is CCCN(CC(=O)O)C(=O)CCc1c(C)nn(C)c1C. The summed E-state index contributed by atoms with van der Waals surface area (Å²) in [6.45, 7) is 6.08. The number of carboxylic acid groups (broad SMARTS) is 1. The monoisotopic (exact) mass is 281 g/mol. The van der Waals surface area contributed by atoms with Gasteiger partial charge in [0.05, 0.1) is 5.69 Å². The number of aryl methyl sites for hydroxylation is 2. The van der Waals surface area contributed by atoms with Crippen LogP contribution in [-0.4, -0.2) is 44.8 Å². The molecule has 0 saturated heterocycles. The van der Waals surface area contributed by atoms with Gasteiger partial charge in [-0.3, -0.25) is 14.3 Å². The molecule has 112 valence electrons. The van der Waals surface area contributed by atoms with Crippen molar-refractivity contribution in [2.24, 2.45) is 7.05 Å². The van der Waals surface area contributed by atoms with Gasteiger partial charge in [-0.15, -0.1) is 0 Å². The summed E-state index contributed by atoms with van der Waals surface area (Å²) in [6.07, 6.45) is 1.68. The van der Waals surface area contributed by atoms with Crippen molar-refractivity contribution in [1.29, 1.82) is 0 Å². The zero-order valence-corrected chi connectivity index (χ0v) is 12.6. The predicted molar refractivity (Wildman–Crippen MR) is 75.5 cm³/mol. The first kappa shape index (κ1) is 16.2. The Morgan fingerprint density at radius 2 is 2.00 bits per heavy atom. The third kappa shape index (κ3) is 4.08. The minimum atomic E-state index is -0.972. The van der Waals surface area contributed by atoms with Crippen LogP contribution in [0.5, 0.6) is 0 Å². The van der Waals surface area contributed by atoms with Crippen LogP contribution >= 0.6 is 0 Å². The molecule has 0 spiro atoms. The second-order valence-corrected chi connectivity index (χ2v) is 4.98. The molecule has 0 bridgehead atoms. The van der Waals surface area contributed by atoms with Gasteiger partial charge in [-0.2, -0.15) is 5.10 Å². The molecule has 1 amide bonds. The largest absolute Gasteiger partial charge is 0.480 e. The molecule has 1 heterocycles. The van der Waals surface area contributed by atoms with Gasteiger partial charge in [0.1, 0.15) is 6.54 Å². The number of carbonyl (C=O) groups is 2. The first-order chi connectivity index (χ1) is 9.36. The van der Waals surface area contributed by atoms with E-state index in [2.05, 4.69) is 5.10 Å². The number of carboxylic acids is 1. The zero-order chi connectivity index (χ0) is 15.3. The van der Waals surface area contributed by atoms with Gasteiger partial charge in [0, 0.05) is 25.7 Å². The lowest BCUT2D eigenvalue weighted by molar-refractivity contribution is -0.144. The Bertz CT molecular complexity index is 494. The van der Waals surface area contributed by atoms with Crippen molar-refractivity contribution in [2.45, 2.75) is 40.0 Å². The summed E-state index contributed by atoms with van der Waals surface area (Å²) in [5, 5.41) is 13.1. The second kappa shape index (κ2) is 7.07. The molecule has 1 aromatic rings. The highest BCUT2D eigenvalue weighted by Gasteiger charge is 2.17. The number of nitrogens with zero attached hydrogens (tertiary/aromatic N) is 3. The van der Waals surface area contributed by atoms with E-state index in [9.17, 15) is 9.59 Å². The zero-order valence-electron chi connectivity index (χ0n) is 12.6. The molecular weight excluding hydrogens is 258 g/mol. The highest BCUT2D eigenvalue weighted by molar-refractivity contribution is 5.81. The molecule has 0 atom stereocenters. The summed E-state index contributed by atoms with van der Waals surface area (Å²) in [5.41, 5.74) is 3.06. The van der Waals surface area contributed by atoms with Crippen LogP contribution in [-0.2, 0) is 23.1 Å². The molecule has 1 N–H and O–H groups in total. The Hall–Kier alpha value is -1.85. The fourth-order valence-electron chi connectivity index (χ4n) is 2.29. The molecule has 0 aliphatic carbocycles. The summed E-state index contributed by atoms with van der Waals surface area (Å²) in [7, 11) is 1.88. The molecule has 0 aromatic carbocycles. The van der Waals surface area contributed by atoms with Gasteiger partial charge in [-0.05, 0) is 32.3 Å². The van der Waals surface area contributed by atoms with Gasteiger partial charge < -0.3 is 10.0 Å². The van der Waals surface area contributed by atoms with E-state index in [0.717, 1.165) is 23.4 Å². The fraction of sp³-hybridized carbons (Fsp3) is 0.643. The molecular formula is C14H23N3O3. The highest BCUT2D eigenvalue weighted by Crippen LogP contribution is 2.14. The summed E-state index contributed by atoms with van der Waals surface area (Å²) >= 11 is 0. The quantitative estimate of drug-likeness (QED) is 0.817. The lowest BCUT2D eigenvalue weighted by Gasteiger charge is -2.19. The van der Waals surface area contributed by atoms with E-state index in [4.69, 9.17) is 5.11 Å². The highest BCUT2D eigenvalue weighted by atomic mass is 16.4. The number of aliphatic carboxylic acids is 1. The van der Waals surface area contributed by atoms with Gasteiger partial charge in [-0.1, -0.05) is 6.92 Å². The molecule has 0 saturated carbocycles. The van der Waals surface area contributed by atoms with E-state index in [1.54, 1.807) is 4.68 Å². The molecule has 0 fully saturated rings. The lowest BCUT2D eigenvalue weighted by Crippen LogP contribution is -2.36. The number of carbonyl (C=O) groups excluding carboxylic acids is 1. The van der Waals surface area contributed by atoms with E-state index in [1.807, 2.05) is 27.8 Å². The van der Waals surface area contributed by atoms with Crippen molar-refractivity contribution in [3.63, 3.8) is 0 Å².